The van der Waals surface area contributed by atoms with Gasteiger partial charge in [0.15, 0.2) is 5.82 Å². The number of phosphoric ester groups is 1. The molecule has 2 heterocycles. The molecule has 0 saturated carbocycles. The number of phosphoric acid groups is 1. The summed E-state index contributed by atoms with van der Waals surface area (Å²) in [5.41, 5.74) is 11.3. The Kier molecular flexibility index (Phi) is 10.2. The molecule has 0 aliphatic carbocycles. The van der Waals surface area contributed by atoms with Crippen molar-refractivity contribution in [2.24, 2.45) is 0 Å². The standard InChI is InChI=1S/C28H35ClN5O6P/c1-3-4-5-24-33-26-27(34(24)17-20-7-9-23(18(2)14-20)40-41(36,37)38)21-8-6-19(15-22(21)32-28(26)30)10-12-39-13-11-31-25(35)16-29/h6-9,14-15H,3-5,10-13,16-17H2,1-2H3,(H2,30,32)(H,31,35)(H2,36,37,38). The Morgan fingerprint density at radius 1 is 1.12 bits per heavy atom. The number of carbonyl (C=O) groups is 1. The number of rotatable bonds is 14. The highest BCUT2D eigenvalue weighted by atomic mass is 35.5. The lowest BCUT2D eigenvalue weighted by molar-refractivity contribution is -0.118. The largest absolute Gasteiger partial charge is 0.524 e. The zero-order valence-electron chi connectivity index (χ0n) is 23.1. The number of benzene rings is 2. The molecule has 41 heavy (non-hydrogen) atoms. The molecule has 0 unspecified atom stereocenters. The van der Waals surface area contributed by atoms with Crippen molar-refractivity contribution in [2.45, 2.75) is 46.1 Å². The Hall–Kier alpha value is -3.21. The number of imidazole rings is 1. The van der Waals surface area contributed by atoms with E-state index in [-0.39, 0.29) is 17.5 Å². The van der Waals surface area contributed by atoms with Gasteiger partial charge in [0.2, 0.25) is 5.91 Å². The number of halogens is 1. The van der Waals surface area contributed by atoms with Crippen molar-refractivity contribution in [2.75, 3.05) is 31.4 Å². The van der Waals surface area contributed by atoms with Crippen molar-refractivity contribution in [3.8, 4) is 5.75 Å². The van der Waals surface area contributed by atoms with Crippen molar-refractivity contribution in [1.29, 1.82) is 0 Å². The van der Waals surface area contributed by atoms with E-state index in [1.54, 1.807) is 19.1 Å². The van der Waals surface area contributed by atoms with Crippen LogP contribution < -0.4 is 15.6 Å². The lowest BCUT2D eigenvalue weighted by Crippen LogP contribution is -2.28. The number of alkyl halides is 1. The second kappa shape index (κ2) is 13.6. The lowest BCUT2D eigenvalue weighted by Gasteiger charge is -2.14. The van der Waals surface area contributed by atoms with Gasteiger partial charge in [-0.15, -0.1) is 11.6 Å². The number of unbranched alkanes of at least 4 members (excludes halogenated alkanes) is 1. The molecule has 13 heteroatoms. The van der Waals surface area contributed by atoms with E-state index in [0.717, 1.165) is 52.6 Å². The number of hydrogen-bond donors (Lipinski definition) is 4. The number of hydrogen-bond acceptors (Lipinski definition) is 7. The molecule has 2 aromatic heterocycles. The quantitative estimate of drug-likeness (QED) is 0.0937. The topological polar surface area (TPSA) is 162 Å². The Morgan fingerprint density at radius 3 is 2.61 bits per heavy atom. The SMILES string of the molecule is CCCCc1nc2c(N)nc3cc(CCOCCNC(=O)CCl)ccc3c2n1Cc1ccc(OP(=O)(O)O)c(C)c1. The number of nitrogens with two attached hydrogens (primary N) is 1. The molecule has 4 aromatic rings. The molecular formula is C28H35ClN5O6P. The number of ether oxygens (including phenoxy) is 1. The van der Waals surface area contributed by atoms with Crippen LogP contribution in [0.4, 0.5) is 5.82 Å². The first kappa shape index (κ1) is 30.7. The van der Waals surface area contributed by atoms with E-state index >= 15 is 0 Å². The maximum Gasteiger partial charge on any atom is 0.524 e. The molecule has 2 aromatic carbocycles. The predicted molar refractivity (Wildman–Crippen MR) is 159 cm³/mol. The molecule has 0 bridgehead atoms. The number of carbonyl (C=O) groups excluding carboxylic acids is 1. The van der Waals surface area contributed by atoms with Crippen LogP contribution in [-0.2, 0) is 33.5 Å². The molecule has 0 atom stereocenters. The van der Waals surface area contributed by atoms with Gasteiger partial charge in [-0.1, -0.05) is 37.6 Å². The Labute approximate surface area is 243 Å². The van der Waals surface area contributed by atoms with Crippen LogP contribution in [0.1, 0.15) is 42.3 Å². The number of nitrogen functional groups attached to an aromatic ring is 1. The molecule has 0 aliphatic rings. The van der Waals surface area contributed by atoms with Crippen molar-refractivity contribution in [3.05, 3.63) is 58.9 Å². The van der Waals surface area contributed by atoms with E-state index in [9.17, 15) is 19.1 Å². The van der Waals surface area contributed by atoms with Gasteiger partial charge in [-0.2, -0.15) is 0 Å². The number of nitrogens with zero attached hydrogens (tertiary/aromatic N) is 3. The molecule has 1 amide bonds. The molecule has 220 valence electrons. The summed E-state index contributed by atoms with van der Waals surface area (Å²) in [6.07, 6.45) is 3.41. The summed E-state index contributed by atoms with van der Waals surface area (Å²) in [7, 11) is -4.66. The van der Waals surface area contributed by atoms with E-state index in [0.29, 0.717) is 49.6 Å². The maximum atomic E-state index is 11.3. The predicted octanol–water partition coefficient (Wildman–Crippen LogP) is 4.25. The Balaban J connectivity index is 1.63. The number of aromatic nitrogens is 3. The first-order valence-electron chi connectivity index (χ1n) is 13.4. The minimum absolute atomic E-state index is 0.0697. The highest BCUT2D eigenvalue weighted by molar-refractivity contribution is 7.46. The van der Waals surface area contributed by atoms with Gasteiger partial charge in [-0.05, 0) is 48.6 Å². The molecule has 11 nitrogen and oxygen atoms in total. The molecule has 0 radical (unpaired) electrons. The molecule has 0 saturated heterocycles. The van der Waals surface area contributed by atoms with Crippen LogP contribution in [0.5, 0.6) is 5.75 Å². The Morgan fingerprint density at radius 2 is 1.90 bits per heavy atom. The van der Waals surface area contributed by atoms with Gasteiger partial charge in [-0.25, -0.2) is 14.5 Å². The third-order valence-corrected chi connectivity index (χ3v) is 7.30. The lowest BCUT2D eigenvalue weighted by atomic mass is 10.1. The Bertz CT molecular complexity index is 1590. The number of fused-ring (bicyclic) bond motifs is 3. The molecular weight excluding hydrogens is 569 g/mol. The van der Waals surface area contributed by atoms with Gasteiger partial charge in [0, 0.05) is 24.9 Å². The van der Waals surface area contributed by atoms with Crippen LogP contribution in [0, 0.1) is 6.92 Å². The van der Waals surface area contributed by atoms with Gasteiger partial charge in [-0.3, -0.25) is 14.6 Å². The van der Waals surface area contributed by atoms with Gasteiger partial charge in [0.25, 0.3) is 0 Å². The number of aryl methyl sites for hydroxylation is 2. The molecule has 4 rings (SSSR count). The van der Waals surface area contributed by atoms with Crippen LogP contribution in [0.3, 0.4) is 0 Å². The van der Waals surface area contributed by atoms with Crippen LogP contribution in [-0.4, -0.2) is 55.9 Å². The van der Waals surface area contributed by atoms with Gasteiger partial charge < -0.3 is 24.9 Å². The fourth-order valence-electron chi connectivity index (χ4n) is 4.68. The van der Waals surface area contributed by atoms with Crippen LogP contribution in [0.2, 0.25) is 0 Å². The summed E-state index contributed by atoms with van der Waals surface area (Å²) in [5.74, 6) is 1.10. The van der Waals surface area contributed by atoms with E-state index in [1.807, 2.05) is 24.3 Å². The molecule has 0 spiro atoms. The third-order valence-electron chi connectivity index (χ3n) is 6.62. The number of anilines is 1. The van der Waals surface area contributed by atoms with E-state index in [2.05, 4.69) is 21.8 Å². The van der Waals surface area contributed by atoms with Crippen molar-refractivity contribution in [1.82, 2.24) is 19.9 Å². The fourth-order valence-corrected chi connectivity index (χ4v) is 5.24. The second-order valence-corrected chi connectivity index (χ2v) is 11.2. The van der Waals surface area contributed by atoms with E-state index < -0.39 is 7.82 Å². The van der Waals surface area contributed by atoms with Gasteiger partial charge in [0.05, 0.1) is 24.2 Å². The number of nitrogens with one attached hydrogen (secondary N) is 1. The van der Waals surface area contributed by atoms with E-state index in [4.69, 9.17) is 31.6 Å². The molecule has 5 N–H and O–H groups in total. The van der Waals surface area contributed by atoms with Gasteiger partial charge in [0.1, 0.15) is 23.0 Å². The summed E-state index contributed by atoms with van der Waals surface area (Å²) < 4.78 is 23.9. The van der Waals surface area contributed by atoms with Crippen molar-refractivity contribution in [3.63, 3.8) is 0 Å². The maximum absolute atomic E-state index is 11.3. The smallest absolute Gasteiger partial charge is 0.404 e. The van der Waals surface area contributed by atoms with Crippen LogP contribution in [0.15, 0.2) is 36.4 Å². The molecule has 0 fully saturated rings. The zero-order chi connectivity index (χ0) is 29.6. The summed E-state index contributed by atoms with van der Waals surface area (Å²) >= 11 is 5.47. The summed E-state index contributed by atoms with van der Waals surface area (Å²) in [5, 5.41) is 3.59. The highest BCUT2D eigenvalue weighted by Crippen LogP contribution is 2.39. The monoisotopic (exact) mass is 603 g/mol. The first-order chi connectivity index (χ1) is 19.6. The fraction of sp³-hybridized carbons (Fsp3) is 0.393. The third kappa shape index (κ3) is 7.96. The summed E-state index contributed by atoms with van der Waals surface area (Å²) in [6, 6.07) is 11.3. The van der Waals surface area contributed by atoms with Crippen molar-refractivity contribution < 1.29 is 28.4 Å². The van der Waals surface area contributed by atoms with Crippen molar-refractivity contribution >= 4 is 53.1 Å². The summed E-state index contributed by atoms with van der Waals surface area (Å²) in [4.78, 5) is 39.2. The summed E-state index contributed by atoms with van der Waals surface area (Å²) in [6.45, 7) is 5.65. The molecule has 0 aliphatic heterocycles. The zero-order valence-corrected chi connectivity index (χ0v) is 24.8. The minimum atomic E-state index is -4.66. The highest BCUT2D eigenvalue weighted by Gasteiger charge is 2.20. The van der Waals surface area contributed by atoms with Gasteiger partial charge >= 0.3 is 7.82 Å². The number of pyridine rings is 1. The minimum Gasteiger partial charge on any atom is -0.404 e. The second-order valence-electron chi connectivity index (χ2n) is 9.79. The first-order valence-corrected chi connectivity index (χ1v) is 15.5. The normalized spacial score (nSPS) is 11.8. The number of amides is 1. The van der Waals surface area contributed by atoms with Crippen LogP contribution >= 0.6 is 19.4 Å². The average molecular weight is 604 g/mol. The average Bonchev–Trinajstić information content (AvgIpc) is 3.28. The van der Waals surface area contributed by atoms with Crippen LogP contribution in [0.25, 0.3) is 21.9 Å². The van der Waals surface area contributed by atoms with E-state index in [1.165, 1.54) is 0 Å².